The minimum Gasteiger partial charge on any atom is -0.395 e. The SMILES string of the molecule is Cc1ccnc(NS(=O)(=O)c2ccc(S(=O)(=O)N[C@@H](C)CO)cc2)n1. The van der Waals surface area contributed by atoms with Crippen molar-refractivity contribution in [1.82, 2.24) is 14.7 Å². The van der Waals surface area contributed by atoms with Gasteiger partial charge in [-0.2, -0.15) is 0 Å². The second kappa shape index (κ2) is 7.44. The minimum absolute atomic E-state index is 0.0739. The van der Waals surface area contributed by atoms with Gasteiger partial charge in [0.15, 0.2) is 0 Å². The fraction of sp³-hybridized carbons (Fsp3) is 0.286. The van der Waals surface area contributed by atoms with Crippen molar-refractivity contribution in [2.24, 2.45) is 0 Å². The van der Waals surface area contributed by atoms with E-state index in [-0.39, 0.29) is 22.3 Å². The van der Waals surface area contributed by atoms with Crippen LogP contribution in [0.3, 0.4) is 0 Å². The van der Waals surface area contributed by atoms with E-state index < -0.39 is 26.1 Å². The molecule has 0 spiro atoms. The van der Waals surface area contributed by atoms with Crippen LogP contribution in [-0.2, 0) is 20.0 Å². The van der Waals surface area contributed by atoms with Gasteiger partial charge in [0.05, 0.1) is 16.4 Å². The van der Waals surface area contributed by atoms with Gasteiger partial charge in [-0.15, -0.1) is 0 Å². The first kappa shape index (κ1) is 19.2. The van der Waals surface area contributed by atoms with Crippen molar-refractivity contribution in [1.29, 1.82) is 0 Å². The van der Waals surface area contributed by atoms with Crippen LogP contribution in [0.5, 0.6) is 0 Å². The highest BCUT2D eigenvalue weighted by Gasteiger charge is 2.20. The number of sulfonamides is 2. The summed E-state index contributed by atoms with van der Waals surface area (Å²) in [7, 11) is -7.80. The molecule has 1 heterocycles. The molecule has 136 valence electrons. The van der Waals surface area contributed by atoms with Crippen LogP contribution in [0.1, 0.15) is 12.6 Å². The minimum atomic E-state index is -3.95. The molecule has 0 bridgehead atoms. The maximum absolute atomic E-state index is 12.3. The predicted molar refractivity (Wildman–Crippen MR) is 90.9 cm³/mol. The third-order valence-electron chi connectivity index (χ3n) is 3.09. The van der Waals surface area contributed by atoms with Crippen molar-refractivity contribution in [3.63, 3.8) is 0 Å². The summed E-state index contributed by atoms with van der Waals surface area (Å²) >= 11 is 0. The average Bonchev–Trinajstić information content (AvgIpc) is 2.54. The van der Waals surface area contributed by atoms with Gasteiger partial charge in [0.1, 0.15) is 0 Å². The van der Waals surface area contributed by atoms with Gasteiger partial charge in [-0.3, -0.25) is 0 Å². The molecule has 25 heavy (non-hydrogen) atoms. The Labute approximate surface area is 146 Å². The molecule has 0 aliphatic heterocycles. The number of aryl methyl sites for hydroxylation is 1. The van der Waals surface area contributed by atoms with Crippen LogP contribution in [0.4, 0.5) is 5.95 Å². The Kier molecular flexibility index (Phi) is 5.72. The molecule has 2 aromatic rings. The maximum atomic E-state index is 12.3. The van der Waals surface area contributed by atoms with E-state index in [1.54, 1.807) is 13.0 Å². The summed E-state index contributed by atoms with van der Waals surface area (Å²) in [5, 5.41) is 8.93. The highest BCUT2D eigenvalue weighted by atomic mass is 32.2. The van der Waals surface area contributed by atoms with Gasteiger partial charge >= 0.3 is 0 Å². The van der Waals surface area contributed by atoms with Crippen molar-refractivity contribution < 1.29 is 21.9 Å². The lowest BCUT2D eigenvalue weighted by molar-refractivity contribution is 0.265. The summed E-state index contributed by atoms with van der Waals surface area (Å²) in [4.78, 5) is 7.52. The Hall–Kier alpha value is -2.08. The van der Waals surface area contributed by atoms with Crippen molar-refractivity contribution in [3.05, 3.63) is 42.2 Å². The van der Waals surface area contributed by atoms with Crippen molar-refractivity contribution in [3.8, 4) is 0 Å². The molecule has 0 saturated heterocycles. The molecule has 2 rings (SSSR count). The number of rotatable bonds is 7. The molecule has 9 nitrogen and oxygen atoms in total. The summed E-state index contributed by atoms with van der Waals surface area (Å²) < 4.78 is 53.3. The monoisotopic (exact) mass is 386 g/mol. The highest BCUT2D eigenvalue weighted by Crippen LogP contribution is 2.17. The topological polar surface area (TPSA) is 138 Å². The predicted octanol–water partition coefficient (Wildman–Crippen LogP) is 0.245. The summed E-state index contributed by atoms with van der Waals surface area (Å²) in [5.74, 6) is -0.0739. The molecule has 0 unspecified atom stereocenters. The first-order chi connectivity index (χ1) is 11.6. The Balaban J connectivity index is 2.24. The van der Waals surface area contributed by atoms with Crippen molar-refractivity contribution >= 4 is 26.0 Å². The van der Waals surface area contributed by atoms with Gasteiger partial charge < -0.3 is 5.11 Å². The van der Waals surface area contributed by atoms with E-state index in [1.165, 1.54) is 13.1 Å². The smallest absolute Gasteiger partial charge is 0.264 e. The van der Waals surface area contributed by atoms with Gasteiger partial charge in [0.2, 0.25) is 16.0 Å². The molecule has 0 aliphatic carbocycles. The summed E-state index contributed by atoms with van der Waals surface area (Å²) in [6, 6.07) is 5.62. The molecule has 1 aromatic heterocycles. The average molecular weight is 386 g/mol. The summed E-state index contributed by atoms with van der Waals surface area (Å²) in [5.41, 5.74) is 0.596. The fourth-order valence-electron chi connectivity index (χ4n) is 1.85. The lowest BCUT2D eigenvalue weighted by Gasteiger charge is -2.12. The normalized spacial score (nSPS) is 13.4. The zero-order valence-electron chi connectivity index (χ0n) is 13.5. The molecule has 11 heteroatoms. The molecule has 3 N–H and O–H groups in total. The molecular formula is C14H18N4O5S2. The van der Waals surface area contributed by atoms with Crippen molar-refractivity contribution in [2.75, 3.05) is 11.3 Å². The van der Waals surface area contributed by atoms with E-state index >= 15 is 0 Å². The van der Waals surface area contributed by atoms with Crippen molar-refractivity contribution in [2.45, 2.75) is 29.7 Å². The third-order valence-corrected chi connectivity index (χ3v) is 6.04. The molecule has 0 saturated carbocycles. The number of nitrogens with zero attached hydrogens (tertiary/aromatic N) is 2. The number of benzene rings is 1. The highest BCUT2D eigenvalue weighted by molar-refractivity contribution is 7.92. The Morgan fingerprint density at radius 3 is 2.12 bits per heavy atom. The Morgan fingerprint density at radius 2 is 1.60 bits per heavy atom. The zero-order chi connectivity index (χ0) is 18.7. The lowest BCUT2D eigenvalue weighted by atomic mass is 10.4. The Bertz CT molecular complexity index is 943. The second-order valence-corrected chi connectivity index (χ2v) is 8.70. The lowest BCUT2D eigenvalue weighted by Crippen LogP contribution is -2.35. The number of hydrogen-bond acceptors (Lipinski definition) is 7. The molecule has 0 radical (unpaired) electrons. The summed E-state index contributed by atoms with van der Waals surface area (Å²) in [6.07, 6.45) is 1.42. The second-order valence-electron chi connectivity index (χ2n) is 5.30. The molecule has 0 fully saturated rings. The number of nitrogens with one attached hydrogen (secondary N) is 2. The van der Waals surface area contributed by atoms with Crippen LogP contribution < -0.4 is 9.44 Å². The maximum Gasteiger partial charge on any atom is 0.264 e. The quantitative estimate of drug-likeness (QED) is 0.620. The summed E-state index contributed by atoms with van der Waals surface area (Å²) in [6.45, 7) is 2.84. The van der Waals surface area contributed by atoms with E-state index in [4.69, 9.17) is 5.11 Å². The van der Waals surface area contributed by atoms with E-state index in [2.05, 4.69) is 19.4 Å². The van der Waals surface area contributed by atoms with Crippen LogP contribution in [0.25, 0.3) is 0 Å². The third kappa shape index (κ3) is 4.95. The standard InChI is InChI=1S/C14H18N4O5S2/c1-10-7-8-15-14(16-10)18-25(22,23)13-5-3-12(4-6-13)24(20,21)17-11(2)9-19/h3-8,11,17,19H,9H2,1-2H3,(H,15,16,18)/t11-/m0/s1. The van der Waals surface area contributed by atoms with Gasteiger partial charge in [0, 0.05) is 17.9 Å². The number of aliphatic hydroxyl groups is 1. The fourth-order valence-corrected chi connectivity index (χ4v) is 4.03. The molecular weight excluding hydrogens is 368 g/mol. The van der Waals surface area contributed by atoms with E-state index in [0.29, 0.717) is 5.69 Å². The number of hydrogen-bond donors (Lipinski definition) is 3. The molecule has 1 atom stereocenters. The van der Waals surface area contributed by atoms with Crippen LogP contribution in [0.2, 0.25) is 0 Å². The van der Waals surface area contributed by atoms with Crippen LogP contribution >= 0.6 is 0 Å². The molecule has 0 amide bonds. The van der Waals surface area contributed by atoms with E-state index in [0.717, 1.165) is 24.3 Å². The largest absolute Gasteiger partial charge is 0.395 e. The van der Waals surface area contributed by atoms with Gasteiger partial charge in [-0.05, 0) is 44.2 Å². The number of anilines is 1. The van der Waals surface area contributed by atoms with E-state index in [1.807, 2.05) is 0 Å². The Morgan fingerprint density at radius 1 is 1.04 bits per heavy atom. The van der Waals surface area contributed by atoms with Crippen LogP contribution in [0, 0.1) is 6.92 Å². The van der Waals surface area contributed by atoms with E-state index in [9.17, 15) is 16.8 Å². The molecule has 1 aromatic carbocycles. The first-order valence-electron chi connectivity index (χ1n) is 7.20. The van der Waals surface area contributed by atoms with Crippen LogP contribution in [0.15, 0.2) is 46.3 Å². The zero-order valence-corrected chi connectivity index (χ0v) is 15.2. The van der Waals surface area contributed by atoms with Gasteiger partial charge in [-0.25, -0.2) is 36.2 Å². The van der Waals surface area contributed by atoms with Crippen LogP contribution in [-0.4, -0.2) is 44.6 Å². The van der Waals surface area contributed by atoms with Gasteiger partial charge in [-0.1, -0.05) is 0 Å². The molecule has 0 aliphatic rings. The number of aliphatic hydroxyl groups excluding tert-OH is 1. The van der Waals surface area contributed by atoms with Gasteiger partial charge in [0.25, 0.3) is 10.0 Å². The number of aromatic nitrogens is 2. The first-order valence-corrected chi connectivity index (χ1v) is 10.2.